The lowest BCUT2D eigenvalue weighted by atomic mass is 10.3. The number of benzene rings is 1. The monoisotopic (exact) mass is 526 g/mol. The highest BCUT2D eigenvalue weighted by molar-refractivity contribution is 5.99. The Bertz CT molecular complexity index is 1510. The van der Waals surface area contributed by atoms with Crippen LogP contribution in [0.2, 0.25) is 0 Å². The first-order valence-corrected chi connectivity index (χ1v) is 11.2. The molecule has 0 bridgehead atoms. The number of carboxylic acids is 1. The smallest absolute Gasteiger partial charge is 0.475 e. The van der Waals surface area contributed by atoms with Gasteiger partial charge in [0.05, 0.1) is 29.9 Å². The van der Waals surface area contributed by atoms with Crippen molar-refractivity contribution in [2.45, 2.75) is 19.1 Å². The number of aromatic nitrogens is 7. The third-order valence-corrected chi connectivity index (χ3v) is 5.21. The molecule has 0 saturated carbocycles. The second kappa shape index (κ2) is 11.4. The first-order valence-electron chi connectivity index (χ1n) is 11.2. The first kappa shape index (κ1) is 26.1. The minimum absolute atomic E-state index is 0.229. The summed E-state index contributed by atoms with van der Waals surface area (Å²) in [4.78, 5) is 34.7. The summed E-state index contributed by atoms with van der Waals surface area (Å²) in [5.41, 5.74) is 2.68. The Balaban J connectivity index is 0.000000426. The van der Waals surface area contributed by atoms with Crippen LogP contribution in [-0.4, -0.2) is 63.4 Å². The molecule has 0 spiro atoms. The molecule has 1 amide bonds. The molecule has 0 unspecified atom stereocenters. The molecular weight excluding hydrogens is 505 g/mol. The Kier molecular flexibility index (Phi) is 7.80. The van der Waals surface area contributed by atoms with Gasteiger partial charge in [-0.1, -0.05) is 18.2 Å². The van der Waals surface area contributed by atoms with Crippen LogP contribution in [0.1, 0.15) is 16.9 Å². The second-order valence-corrected chi connectivity index (χ2v) is 7.79. The normalized spacial score (nSPS) is 11.1. The van der Waals surface area contributed by atoms with E-state index in [0.29, 0.717) is 23.6 Å². The summed E-state index contributed by atoms with van der Waals surface area (Å²) in [6.07, 6.45) is 7.96. The van der Waals surface area contributed by atoms with Gasteiger partial charge in [0, 0.05) is 37.9 Å². The van der Waals surface area contributed by atoms with Crippen molar-refractivity contribution >= 4 is 17.4 Å². The molecule has 5 rings (SSSR count). The number of carboxylic acid groups (broad SMARTS) is 1. The van der Waals surface area contributed by atoms with Crippen LogP contribution in [0.5, 0.6) is 0 Å². The third kappa shape index (κ3) is 6.03. The van der Waals surface area contributed by atoms with Gasteiger partial charge in [-0.05, 0) is 24.6 Å². The van der Waals surface area contributed by atoms with Crippen LogP contribution in [0.4, 0.5) is 13.2 Å². The highest BCUT2D eigenvalue weighted by atomic mass is 19.4. The largest absolute Gasteiger partial charge is 0.490 e. The predicted octanol–water partition coefficient (Wildman–Crippen LogP) is 3.23. The van der Waals surface area contributed by atoms with Crippen molar-refractivity contribution in [2.24, 2.45) is 0 Å². The second-order valence-electron chi connectivity index (χ2n) is 7.79. The molecule has 0 aliphatic carbocycles. The first-order chi connectivity index (χ1) is 18.3. The molecule has 38 heavy (non-hydrogen) atoms. The number of halogens is 3. The number of imidazole rings is 2. The summed E-state index contributed by atoms with van der Waals surface area (Å²) in [5, 5.41) is 14.5. The Morgan fingerprint density at radius 1 is 1.00 bits per heavy atom. The number of hydrogen-bond donors (Lipinski definition) is 2. The average molecular weight is 526 g/mol. The zero-order chi connectivity index (χ0) is 27.1. The zero-order valence-corrected chi connectivity index (χ0v) is 19.7. The number of hydrogen-bond acceptors (Lipinski definition) is 6. The lowest BCUT2D eigenvalue weighted by Crippen LogP contribution is -2.25. The number of alkyl halides is 3. The Morgan fingerprint density at radius 2 is 1.74 bits per heavy atom. The summed E-state index contributed by atoms with van der Waals surface area (Å²) in [6, 6.07) is 11.7. The van der Waals surface area contributed by atoms with E-state index in [1.165, 1.54) is 0 Å². The number of rotatable bonds is 7. The fourth-order valence-electron chi connectivity index (χ4n) is 3.50. The lowest BCUT2D eigenvalue weighted by molar-refractivity contribution is -0.192. The van der Waals surface area contributed by atoms with E-state index < -0.39 is 12.1 Å². The highest BCUT2D eigenvalue weighted by Gasteiger charge is 2.38. The van der Waals surface area contributed by atoms with Gasteiger partial charge in [-0.3, -0.25) is 14.2 Å². The number of fused-ring (bicyclic) bond motifs is 1. The van der Waals surface area contributed by atoms with Crippen LogP contribution in [0.3, 0.4) is 0 Å². The van der Waals surface area contributed by atoms with Crippen LogP contribution < -0.4 is 5.32 Å². The van der Waals surface area contributed by atoms with E-state index >= 15 is 0 Å². The van der Waals surface area contributed by atoms with E-state index in [4.69, 9.17) is 9.90 Å². The van der Waals surface area contributed by atoms with Gasteiger partial charge in [-0.15, -0.1) is 0 Å². The fourth-order valence-corrected chi connectivity index (χ4v) is 3.50. The van der Waals surface area contributed by atoms with Crippen molar-refractivity contribution in [1.82, 2.24) is 39.0 Å². The molecule has 2 N–H and O–H groups in total. The van der Waals surface area contributed by atoms with Crippen molar-refractivity contribution < 1.29 is 27.9 Å². The number of carbonyl (C=O) groups excluding carboxylic acids is 1. The molecule has 196 valence electrons. The van der Waals surface area contributed by atoms with E-state index in [-0.39, 0.29) is 5.91 Å². The number of aliphatic carboxylic acids is 1. The van der Waals surface area contributed by atoms with Gasteiger partial charge in [0.15, 0.2) is 11.5 Å². The summed E-state index contributed by atoms with van der Waals surface area (Å²) >= 11 is 0. The molecule has 0 atom stereocenters. The summed E-state index contributed by atoms with van der Waals surface area (Å²) in [5.74, 6) is -2.36. The van der Waals surface area contributed by atoms with E-state index in [1.54, 1.807) is 37.3 Å². The van der Waals surface area contributed by atoms with Crippen molar-refractivity contribution in [3.8, 4) is 17.2 Å². The number of carbonyl (C=O) groups is 2. The molecule has 0 saturated heterocycles. The molecule has 5 aromatic rings. The summed E-state index contributed by atoms with van der Waals surface area (Å²) < 4.78 is 37.4. The maximum atomic E-state index is 12.9. The van der Waals surface area contributed by atoms with Crippen molar-refractivity contribution in [3.05, 3.63) is 85.6 Å². The maximum absolute atomic E-state index is 12.9. The van der Waals surface area contributed by atoms with Gasteiger partial charge in [0.1, 0.15) is 5.69 Å². The average Bonchev–Trinajstić information content (AvgIpc) is 3.67. The van der Waals surface area contributed by atoms with Gasteiger partial charge in [0.2, 0.25) is 0 Å². The maximum Gasteiger partial charge on any atom is 0.490 e. The lowest BCUT2D eigenvalue weighted by Gasteiger charge is -2.06. The van der Waals surface area contributed by atoms with Gasteiger partial charge in [0.25, 0.3) is 5.91 Å². The Labute approximate surface area is 213 Å². The minimum atomic E-state index is -5.08. The minimum Gasteiger partial charge on any atom is -0.475 e. The van der Waals surface area contributed by atoms with Gasteiger partial charge in [-0.25, -0.2) is 19.4 Å². The molecule has 0 radical (unpaired) electrons. The molecule has 4 heterocycles. The topological polar surface area (TPSA) is 132 Å². The summed E-state index contributed by atoms with van der Waals surface area (Å²) in [6.45, 7) is 1.32. The fraction of sp³-hybridized carbons (Fsp3) is 0.167. The van der Waals surface area contributed by atoms with Crippen LogP contribution in [0.15, 0.2) is 79.9 Å². The standard InChI is InChI=1S/C22H20N8O.C2HF3O2/c31-22(25-8-4-12-28-13-10-24-16-28)20-19-15-23-11-14-29(19)21(27-20)18-7-9-26-30(18)17-5-2-1-3-6-17;3-2(4,5)1(6)7/h1-3,5-7,9-11,13-16H,4,8,12H2,(H,25,31);(H,6,7). The molecule has 1 aromatic carbocycles. The number of nitrogens with one attached hydrogen (secondary N) is 1. The van der Waals surface area contributed by atoms with Crippen molar-refractivity contribution in [2.75, 3.05) is 6.54 Å². The van der Waals surface area contributed by atoms with E-state index in [0.717, 1.165) is 24.3 Å². The van der Waals surface area contributed by atoms with Gasteiger partial charge in [-0.2, -0.15) is 18.3 Å². The molecule has 11 nitrogen and oxygen atoms in total. The third-order valence-electron chi connectivity index (χ3n) is 5.21. The molecule has 4 aromatic heterocycles. The quantitative estimate of drug-likeness (QED) is 0.311. The van der Waals surface area contributed by atoms with Crippen LogP contribution in [-0.2, 0) is 11.3 Å². The van der Waals surface area contributed by atoms with Crippen LogP contribution in [0, 0.1) is 0 Å². The van der Waals surface area contributed by atoms with Crippen LogP contribution >= 0.6 is 0 Å². The van der Waals surface area contributed by atoms with Crippen LogP contribution in [0.25, 0.3) is 22.7 Å². The molecule has 14 heteroatoms. The molecular formula is C24H21F3N8O3. The Hall–Kier alpha value is -5.01. The number of nitrogens with zero attached hydrogens (tertiary/aromatic N) is 7. The SMILES string of the molecule is O=C(NCCCn1ccnc1)c1nc(-c2ccnn2-c2ccccc2)n2ccncc12.O=C(O)C(F)(F)F. The van der Waals surface area contributed by atoms with E-state index in [9.17, 15) is 18.0 Å². The van der Waals surface area contributed by atoms with Gasteiger partial charge < -0.3 is 15.0 Å². The number of amides is 1. The predicted molar refractivity (Wildman–Crippen MR) is 128 cm³/mol. The van der Waals surface area contributed by atoms with Crippen molar-refractivity contribution in [1.29, 1.82) is 0 Å². The molecule has 0 aliphatic rings. The number of aryl methyl sites for hydroxylation is 1. The molecule has 0 aliphatic heterocycles. The molecule has 0 fully saturated rings. The Morgan fingerprint density at radius 3 is 2.42 bits per heavy atom. The highest BCUT2D eigenvalue weighted by Crippen LogP contribution is 2.24. The zero-order valence-electron chi connectivity index (χ0n) is 19.7. The number of para-hydroxylation sites is 1. The van der Waals surface area contributed by atoms with Crippen molar-refractivity contribution in [3.63, 3.8) is 0 Å². The van der Waals surface area contributed by atoms with Gasteiger partial charge >= 0.3 is 12.1 Å². The summed E-state index contributed by atoms with van der Waals surface area (Å²) in [7, 11) is 0. The van der Waals surface area contributed by atoms with E-state index in [2.05, 4.69) is 25.4 Å². The van der Waals surface area contributed by atoms with E-state index in [1.807, 2.05) is 56.2 Å².